The van der Waals surface area contributed by atoms with E-state index < -0.39 is 0 Å². The number of carbonyl (C=O) groups is 2. The zero-order valence-corrected chi connectivity index (χ0v) is 14.6. The predicted octanol–water partition coefficient (Wildman–Crippen LogP) is 2.78. The molecule has 2 heterocycles. The highest BCUT2D eigenvalue weighted by Gasteiger charge is 2.18. The zero-order valence-electron chi connectivity index (χ0n) is 14.6. The summed E-state index contributed by atoms with van der Waals surface area (Å²) in [6, 6.07) is 7.56. The summed E-state index contributed by atoms with van der Waals surface area (Å²) < 4.78 is 5.80. The van der Waals surface area contributed by atoms with Gasteiger partial charge in [-0.3, -0.25) is 14.5 Å². The molecule has 0 N–H and O–H groups in total. The van der Waals surface area contributed by atoms with E-state index in [0.29, 0.717) is 19.6 Å². The maximum absolute atomic E-state index is 12.1. The van der Waals surface area contributed by atoms with E-state index in [2.05, 4.69) is 11.0 Å². The molecule has 134 valence electrons. The average Bonchev–Trinajstić information content (AvgIpc) is 2.68. The second kappa shape index (κ2) is 8.85. The minimum Gasteiger partial charge on any atom is -0.492 e. The van der Waals surface area contributed by atoms with Gasteiger partial charge in [0.1, 0.15) is 12.4 Å². The van der Waals surface area contributed by atoms with Crippen LogP contribution in [0.4, 0.5) is 0 Å². The van der Waals surface area contributed by atoms with Crippen LogP contribution in [0.15, 0.2) is 66.9 Å². The van der Waals surface area contributed by atoms with Crippen molar-refractivity contribution in [2.75, 3.05) is 26.2 Å². The van der Waals surface area contributed by atoms with E-state index in [1.54, 1.807) is 12.2 Å². The van der Waals surface area contributed by atoms with Crippen molar-refractivity contribution in [3.05, 3.63) is 72.5 Å². The fourth-order valence-electron chi connectivity index (χ4n) is 2.73. The second-order valence-electron chi connectivity index (χ2n) is 6.04. The van der Waals surface area contributed by atoms with Gasteiger partial charge in [0.2, 0.25) is 0 Å². The fourth-order valence-corrected chi connectivity index (χ4v) is 2.73. The highest BCUT2D eigenvalue weighted by Crippen LogP contribution is 2.15. The molecule has 0 fully saturated rings. The normalized spacial score (nSPS) is 16.5. The minimum absolute atomic E-state index is 0.260. The van der Waals surface area contributed by atoms with Gasteiger partial charge in [0, 0.05) is 19.2 Å². The van der Waals surface area contributed by atoms with Gasteiger partial charge in [-0.1, -0.05) is 30.4 Å². The van der Waals surface area contributed by atoms with Gasteiger partial charge in [0.25, 0.3) is 11.8 Å². The summed E-state index contributed by atoms with van der Waals surface area (Å²) in [6.45, 7) is 2.72. The number of rotatable bonds is 6. The van der Waals surface area contributed by atoms with Gasteiger partial charge < -0.3 is 9.64 Å². The van der Waals surface area contributed by atoms with Crippen LogP contribution in [0.3, 0.4) is 0 Å². The molecule has 2 amide bonds. The monoisotopic (exact) mass is 350 g/mol. The van der Waals surface area contributed by atoms with Gasteiger partial charge in [0.15, 0.2) is 0 Å². The van der Waals surface area contributed by atoms with Crippen molar-refractivity contribution in [1.82, 2.24) is 9.80 Å². The first-order valence-corrected chi connectivity index (χ1v) is 8.73. The average molecular weight is 350 g/mol. The molecule has 0 unspecified atom stereocenters. The molecule has 26 heavy (non-hydrogen) atoms. The first-order valence-electron chi connectivity index (χ1n) is 8.73. The first-order chi connectivity index (χ1) is 12.7. The molecule has 5 nitrogen and oxygen atoms in total. The lowest BCUT2D eigenvalue weighted by atomic mass is 10.2. The molecule has 1 aromatic carbocycles. The summed E-state index contributed by atoms with van der Waals surface area (Å²) in [5.41, 5.74) is 0.858. The molecule has 1 aromatic rings. The Bertz CT molecular complexity index is 777. The standard InChI is InChI=1S/C21H22N2O3/c24-20-9-2-5-14-23(20)21(25)11-10-18-7-6-8-19(17-18)26-16-15-22-12-3-1-4-13-22/h1-4,6-12,17H,5,13-16H2/b11-10+. The third-order valence-corrected chi connectivity index (χ3v) is 4.12. The fraction of sp³-hybridized carbons (Fsp3) is 0.238. The number of amides is 2. The first kappa shape index (κ1) is 17.7. The Kier molecular flexibility index (Phi) is 6.04. The Labute approximate surface area is 153 Å². The van der Waals surface area contributed by atoms with E-state index in [1.807, 2.05) is 42.6 Å². The lowest BCUT2D eigenvalue weighted by molar-refractivity contribution is -0.139. The molecule has 2 aliphatic heterocycles. The Hall–Kier alpha value is -3.08. The van der Waals surface area contributed by atoms with Crippen molar-refractivity contribution < 1.29 is 14.3 Å². The van der Waals surface area contributed by atoms with Crippen LogP contribution in [0.5, 0.6) is 5.75 Å². The van der Waals surface area contributed by atoms with Crippen molar-refractivity contribution >= 4 is 17.9 Å². The van der Waals surface area contributed by atoms with Crippen LogP contribution in [-0.2, 0) is 9.59 Å². The number of carbonyl (C=O) groups excluding carboxylic acids is 2. The Morgan fingerprint density at radius 1 is 1.23 bits per heavy atom. The highest BCUT2D eigenvalue weighted by atomic mass is 16.5. The molecule has 2 aliphatic rings. The van der Waals surface area contributed by atoms with Crippen LogP contribution in [0.1, 0.15) is 12.0 Å². The van der Waals surface area contributed by atoms with Crippen molar-refractivity contribution in [3.63, 3.8) is 0 Å². The van der Waals surface area contributed by atoms with E-state index in [0.717, 1.165) is 24.4 Å². The predicted molar refractivity (Wildman–Crippen MR) is 101 cm³/mol. The molecule has 0 aliphatic carbocycles. The van der Waals surface area contributed by atoms with E-state index >= 15 is 0 Å². The lowest BCUT2D eigenvalue weighted by Crippen LogP contribution is -2.37. The third kappa shape index (κ3) is 4.96. The van der Waals surface area contributed by atoms with Gasteiger partial charge in [-0.05, 0) is 48.5 Å². The van der Waals surface area contributed by atoms with Gasteiger partial charge in [-0.25, -0.2) is 0 Å². The maximum Gasteiger partial charge on any atom is 0.253 e. The van der Waals surface area contributed by atoms with Crippen molar-refractivity contribution in [2.24, 2.45) is 0 Å². The van der Waals surface area contributed by atoms with Crippen LogP contribution < -0.4 is 4.74 Å². The molecular formula is C21H22N2O3. The van der Waals surface area contributed by atoms with E-state index in [4.69, 9.17) is 4.74 Å². The molecule has 0 aromatic heterocycles. The van der Waals surface area contributed by atoms with Crippen LogP contribution in [0, 0.1) is 0 Å². The molecule has 0 spiro atoms. The van der Waals surface area contributed by atoms with Crippen LogP contribution in [-0.4, -0.2) is 47.9 Å². The number of imide groups is 1. The molecule has 5 heteroatoms. The number of ether oxygens (including phenoxy) is 1. The number of nitrogens with zero attached hydrogens (tertiary/aromatic N) is 2. The van der Waals surface area contributed by atoms with Crippen molar-refractivity contribution in [2.45, 2.75) is 6.42 Å². The number of hydrogen-bond acceptors (Lipinski definition) is 4. The number of hydrogen-bond donors (Lipinski definition) is 0. The van der Waals surface area contributed by atoms with Crippen LogP contribution >= 0.6 is 0 Å². The Balaban J connectivity index is 1.52. The molecule has 0 bridgehead atoms. The van der Waals surface area contributed by atoms with E-state index in [-0.39, 0.29) is 11.8 Å². The second-order valence-corrected chi connectivity index (χ2v) is 6.04. The summed E-state index contributed by atoms with van der Waals surface area (Å²) >= 11 is 0. The molecular weight excluding hydrogens is 328 g/mol. The molecule has 3 rings (SSSR count). The van der Waals surface area contributed by atoms with Crippen LogP contribution in [0.2, 0.25) is 0 Å². The van der Waals surface area contributed by atoms with Gasteiger partial charge in [0.05, 0.1) is 6.54 Å². The summed E-state index contributed by atoms with van der Waals surface area (Å²) in [6.07, 6.45) is 15.3. The third-order valence-electron chi connectivity index (χ3n) is 4.12. The Morgan fingerprint density at radius 3 is 2.96 bits per heavy atom. The molecule has 0 saturated carbocycles. The molecule has 0 saturated heterocycles. The van der Waals surface area contributed by atoms with Crippen LogP contribution in [0.25, 0.3) is 6.08 Å². The smallest absolute Gasteiger partial charge is 0.253 e. The topological polar surface area (TPSA) is 49.9 Å². The summed E-state index contributed by atoms with van der Waals surface area (Å²) in [4.78, 5) is 27.3. The van der Waals surface area contributed by atoms with E-state index in [9.17, 15) is 9.59 Å². The number of benzene rings is 1. The summed E-state index contributed by atoms with van der Waals surface area (Å²) in [5.74, 6) is 0.202. The SMILES string of the molecule is O=C1C=CCCN1C(=O)/C=C/c1cccc(OCCN2C=CC=CC2)c1. The van der Waals surface area contributed by atoms with Crippen molar-refractivity contribution in [3.8, 4) is 5.75 Å². The summed E-state index contributed by atoms with van der Waals surface area (Å²) in [5, 5.41) is 0. The number of allylic oxidation sites excluding steroid dienone is 2. The molecule has 0 radical (unpaired) electrons. The minimum atomic E-state index is -0.296. The van der Waals surface area contributed by atoms with Gasteiger partial charge >= 0.3 is 0 Å². The molecule has 0 atom stereocenters. The quantitative estimate of drug-likeness (QED) is 0.741. The largest absolute Gasteiger partial charge is 0.492 e. The lowest BCUT2D eigenvalue weighted by Gasteiger charge is -2.20. The maximum atomic E-state index is 12.1. The summed E-state index contributed by atoms with van der Waals surface area (Å²) in [7, 11) is 0. The van der Waals surface area contributed by atoms with E-state index in [1.165, 1.54) is 17.1 Å². The van der Waals surface area contributed by atoms with Gasteiger partial charge in [-0.15, -0.1) is 0 Å². The van der Waals surface area contributed by atoms with Gasteiger partial charge in [-0.2, -0.15) is 0 Å². The van der Waals surface area contributed by atoms with Crippen molar-refractivity contribution in [1.29, 1.82) is 0 Å². The zero-order chi connectivity index (χ0) is 18.2. The highest BCUT2D eigenvalue weighted by molar-refractivity contribution is 6.06. The Morgan fingerprint density at radius 2 is 2.15 bits per heavy atom.